The van der Waals surface area contributed by atoms with E-state index < -0.39 is 6.10 Å². The fraction of sp³-hybridized carbons (Fsp3) is 0.105. The van der Waals surface area contributed by atoms with Gasteiger partial charge in [0.2, 0.25) is 0 Å². The van der Waals surface area contributed by atoms with E-state index in [4.69, 9.17) is 0 Å². The molecule has 6 nitrogen and oxygen atoms in total. The average molecular weight is 350 g/mol. The van der Waals surface area contributed by atoms with Crippen LogP contribution in [0.1, 0.15) is 11.7 Å². The van der Waals surface area contributed by atoms with E-state index in [0.29, 0.717) is 16.7 Å². The number of aromatic nitrogens is 4. The van der Waals surface area contributed by atoms with Crippen molar-refractivity contribution in [2.45, 2.75) is 12.6 Å². The molecular formula is C19H15FN4O2. The van der Waals surface area contributed by atoms with Gasteiger partial charge in [0.05, 0.1) is 24.5 Å². The zero-order valence-corrected chi connectivity index (χ0v) is 13.7. The van der Waals surface area contributed by atoms with E-state index in [0.717, 1.165) is 5.56 Å². The van der Waals surface area contributed by atoms with Gasteiger partial charge >= 0.3 is 0 Å². The second-order valence-corrected chi connectivity index (χ2v) is 5.90. The van der Waals surface area contributed by atoms with Gasteiger partial charge in [-0.3, -0.25) is 9.36 Å². The highest BCUT2D eigenvalue weighted by atomic mass is 19.1. The minimum Gasteiger partial charge on any atom is -0.387 e. The van der Waals surface area contributed by atoms with E-state index in [1.54, 1.807) is 24.3 Å². The summed E-state index contributed by atoms with van der Waals surface area (Å²) in [7, 11) is 0. The summed E-state index contributed by atoms with van der Waals surface area (Å²) in [6.07, 6.45) is 2.00. The molecule has 130 valence electrons. The van der Waals surface area contributed by atoms with Crippen LogP contribution in [0.4, 0.5) is 4.39 Å². The third kappa shape index (κ3) is 2.89. The molecule has 2 heterocycles. The van der Waals surface area contributed by atoms with Crippen LogP contribution in [-0.2, 0) is 6.54 Å². The van der Waals surface area contributed by atoms with E-state index in [9.17, 15) is 14.3 Å². The van der Waals surface area contributed by atoms with Crippen LogP contribution in [0.25, 0.3) is 16.7 Å². The average Bonchev–Trinajstić information content (AvgIpc) is 3.10. The van der Waals surface area contributed by atoms with Gasteiger partial charge in [-0.2, -0.15) is 5.10 Å². The molecular weight excluding hydrogens is 335 g/mol. The third-order valence-electron chi connectivity index (χ3n) is 4.18. The number of aliphatic hydroxyl groups excluding tert-OH is 1. The van der Waals surface area contributed by atoms with Crippen LogP contribution in [0, 0.1) is 5.82 Å². The number of aliphatic hydroxyl groups is 1. The molecule has 0 radical (unpaired) electrons. The summed E-state index contributed by atoms with van der Waals surface area (Å²) in [5.41, 5.74) is 1.42. The Balaban J connectivity index is 1.70. The van der Waals surface area contributed by atoms with Gasteiger partial charge in [-0.05, 0) is 29.8 Å². The van der Waals surface area contributed by atoms with Crippen molar-refractivity contribution in [1.82, 2.24) is 19.3 Å². The van der Waals surface area contributed by atoms with Gasteiger partial charge in [0.1, 0.15) is 17.5 Å². The molecule has 1 atom stereocenters. The van der Waals surface area contributed by atoms with Crippen LogP contribution in [0.3, 0.4) is 0 Å². The van der Waals surface area contributed by atoms with Crippen molar-refractivity contribution in [3.8, 4) is 5.69 Å². The molecule has 1 N–H and O–H groups in total. The lowest BCUT2D eigenvalue weighted by molar-refractivity contribution is 0.155. The molecule has 4 aromatic rings. The van der Waals surface area contributed by atoms with Crippen LogP contribution in [0.15, 0.2) is 71.9 Å². The van der Waals surface area contributed by atoms with Crippen LogP contribution in [-0.4, -0.2) is 24.4 Å². The van der Waals surface area contributed by atoms with E-state index in [1.165, 1.54) is 33.9 Å². The van der Waals surface area contributed by atoms with Crippen molar-refractivity contribution in [3.63, 3.8) is 0 Å². The summed E-state index contributed by atoms with van der Waals surface area (Å²) in [5.74, 6) is -0.351. The second-order valence-electron chi connectivity index (χ2n) is 5.90. The van der Waals surface area contributed by atoms with Gasteiger partial charge in [0.25, 0.3) is 5.56 Å². The van der Waals surface area contributed by atoms with E-state index >= 15 is 0 Å². The smallest absolute Gasteiger partial charge is 0.264 e. The highest BCUT2D eigenvalue weighted by Crippen LogP contribution is 2.16. The van der Waals surface area contributed by atoms with Gasteiger partial charge in [-0.1, -0.05) is 30.3 Å². The molecule has 4 rings (SSSR count). The second kappa shape index (κ2) is 6.53. The minimum absolute atomic E-state index is 0.0908. The maximum absolute atomic E-state index is 13.1. The predicted octanol–water partition coefficient (Wildman–Crippen LogP) is 2.45. The Morgan fingerprint density at radius 2 is 1.81 bits per heavy atom. The number of hydrogen-bond acceptors (Lipinski definition) is 4. The highest BCUT2D eigenvalue weighted by Gasteiger charge is 2.14. The first-order valence-corrected chi connectivity index (χ1v) is 8.05. The van der Waals surface area contributed by atoms with Crippen LogP contribution < -0.4 is 5.56 Å². The molecule has 0 amide bonds. The summed E-state index contributed by atoms with van der Waals surface area (Å²) in [6.45, 7) is 0.0908. The Hall–Kier alpha value is -3.32. The van der Waals surface area contributed by atoms with Crippen molar-refractivity contribution in [2.24, 2.45) is 0 Å². The molecule has 7 heteroatoms. The molecule has 0 aliphatic heterocycles. The van der Waals surface area contributed by atoms with Gasteiger partial charge in [0, 0.05) is 0 Å². The summed E-state index contributed by atoms with van der Waals surface area (Å²) in [4.78, 5) is 17.0. The zero-order chi connectivity index (χ0) is 18.1. The summed E-state index contributed by atoms with van der Waals surface area (Å²) >= 11 is 0. The quantitative estimate of drug-likeness (QED) is 0.614. The Kier molecular flexibility index (Phi) is 4.06. The van der Waals surface area contributed by atoms with Crippen molar-refractivity contribution in [1.29, 1.82) is 0 Å². The molecule has 26 heavy (non-hydrogen) atoms. The molecule has 0 spiro atoms. The molecule has 0 bridgehead atoms. The van der Waals surface area contributed by atoms with Crippen molar-refractivity contribution >= 4 is 11.0 Å². The topological polar surface area (TPSA) is 72.9 Å². The standard InChI is InChI=1S/C19H15FN4O2/c20-14-6-8-15(9-7-14)24-18-16(10-22-24)19(26)23(12-21-18)11-17(25)13-4-2-1-3-5-13/h1-10,12,17,25H,11H2/t17-/m0/s1. The first-order chi connectivity index (χ1) is 12.6. The largest absolute Gasteiger partial charge is 0.387 e. The summed E-state index contributed by atoms with van der Waals surface area (Å²) < 4.78 is 15.9. The van der Waals surface area contributed by atoms with E-state index in [-0.39, 0.29) is 17.9 Å². The number of nitrogens with zero attached hydrogens (tertiary/aromatic N) is 4. The lowest BCUT2D eigenvalue weighted by atomic mass is 10.1. The van der Waals surface area contributed by atoms with Gasteiger partial charge < -0.3 is 5.11 Å². The molecule has 2 aromatic heterocycles. The lowest BCUT2D eigenvalue weighted by Crippen LogP contribution is -2.23. The molecule has 0 fully saturated rings. The van der Waals surface area contributed by atoms with Crippen LogP contribution >= 0.6 is 0 Å². The van der Waals surface area contributed by atoms with Crippen molar-refractivity contribution in [3.05, 3.63) is 88.9 Å². The molecule has 0 saturated heterocycles. The summed E-state index contributed by atoms with van der Waals surface area (Å²) in [5, 5.41) is 14.9. The number of fused-ring (bicyclic) bond motifs is 1. The molecule has 2 aromatic carbocycles. The molecule has 0 unspecified atom stereocenters. The van der Waals surface area contributed by atoms with Gasteiger partial charge in [0.15, 0.2) is 5.65 Å². The molecule has 0 saturated carbocycles. The fourth-order valence-corrected chi connectivity index (χ4v) is 2.82. The fourth-order valence-electron chi connectivity index (χ4n) is 2.82. The SMILES string of the molecule is O=c1c2cnn(-c3ccc(F)cc3)c2ncn1C[C@H](O)c1ccccc1. The Morgan fingerprint density at radius 3 is 2.54 bits per heavy atom. The first kappa shape index (κ1) is 16.2. The van der Waals surface area contributed by atoms with E-state index in [1.807, 2.05) is 18.2 Å². The Morgan fingerprint density at radius 1 is 1.08 bits per heavy atom. The van der Waals surface area contributed by atoms with Crippen LogP contribution in [0.5, 0.6) is 0 Å². The summed E-state index contributed by atoms with van der Waals surface area (Å²) in [6, 6.07) is 14.9. The normalized spacial score (nSPS) is 12.4. The third-order valence-corrected chi connectivity index (χ3v) is 4.18. The monoisotopic (exact) mass is 350 g/mol. The Bertz CT molecular complexity index is 1100. The minimum atomic E-state index is -0.819. The first-order valence-electron chi connectivity index (χ1n) is 8.05. The number of hydrogen-bond donors (Lipinski definition) is 1. The lowest BCUT2D eigenvalue weighted by Gasteiger charge is -2.12. The zero-order valence-electron chi connectivity index (χ0n) is 13.7. The van der Waals surface area contributed by atoms with Gasteiger partial charge in [-0.25, -0.2) is 14.1 Å². The maximum atomic E-state index is 13.1. The maximum Gasteiger partial charge on any atom is 0.264 e. The Labute approximate surface area is 147 Å². The molecule has 0 aliphatic rings. The molecule has 0 aliphatic carbocycles. The van der Waals surface area contributed by atoms with E-state index in [2.05, 4.69) is 10.1 Å². The number of benzene rings is 2. The highest BCUT2D eigenvalue weighted by molar-refractivity contribution is 5.74. The predicted molar refractivity (Wildman–Crippen MR) is 94.5 cm³/mol. The van der Waals surface area contributed by atoms with Crippen LogP contribution in [0.2, 0.25) is 0 Å². The van der Waals surface area contributed by atoms with Crippen molar-refractivity contribution < 1.29 is 9.50 Å². The van der Waals surface area contributed by atoms with Gasteiger partial charge in [-0.15, -0.1) is 0 Å². The van der Waals surface area contributed by atoms with Crippen molar-refractivity contribution in [2.75, 3.05) is 0 Å². The number of rotatable bonds is 4. The number of halogens is 1.